The van der Waals surface area contributed by atoms with Gasteiger partial charge >= 0.3 is 5.97 Å². The van der Waals surface area contributed by atoms with Gasteiger partial charge in [-0.15, -0.1) is 13.2 Å². The SMILES string of the molecule is C=CCC(O)(CC=C)C(=C)C(=O)O. The number of rotatable bonds is 6. The predicted molar refractivity (Wildman–Crippen MR) is 51.4 cm³/mol. The Morgan fingerprint density at radius 2 is 1.69 bits per heavy atom. The molecule has 13 heavy (non-hydrogen) atoms. The summed E-state index contributed by atoms with van der Waals surface area (Å²) in [5.41, 5.74) is -1.68. The monoisotopic (exact) mass is 182 g/mol. The molecule has 0 aromatic carbocycles. The number of carboxylic acid groups (broad SMARTS) is 1. The van der Waals surface area contributed by atoms with Crippen LogP contribution in [0.5, 0.6) is 0 Å². The molecule has 0 saturated heterocycles. The number of aliphatic carboxylic acids is 1. The van der Waals surface area contributed by atoms with Gasteiger partial charge in [-0.1, -0.05) is 18.7 Å². The van der Waals surface area contributed by atoms with E-state index in [0.717, 1.165) is 0 Å². The maximum atomic E-state index is 10.6. The molecule has 0 heterocycles. The van der Waals surface area contributed by atoms with E-state index in [-0.39, 0.29) is 18.4 Å². The van der Waals surface area contributed by atoms with Crippen molar-refractivity contribution in [1.82, 2.24) is 0 Å². The highest BCUT2D eigenvalue weighted by molar-refractivity contribution is 5.88. The Morgan fingerprint density at radius 3 is 1.92 bits per heavy atom. The third-order valence-electron chi connectivity index (χ3n) is 1.78. The van der Waals surface area contributed by atoms with E-state index in [1.165, 1.54) is 12.2 Å². The quantitative estimate of drug-likeness (QED) is 0.483. The predicted octanol–water partition coefficient (Wildman–Crippen LogP) is 1.51. The molecular weight excluding hydrogens is 168 g/mol. The van der Waals surface area contributed by atoms with Crippen LogP contribution in [-0.4, -0.2) is 21.8 Å². The van der Waals surface area contributed by atoms with Gasteiger partial charge in [0.05, 0.1) is 5.57 Å². The van der Waals surface area contributed by atoms with Crippen LogP contribution in [0.4, 0.5) is 0 Å². The smallest absolute Gasteiger partial charge is 0.333 e. The van der Waals surface area contributed by atoms with Gasteiger partial charge in [-0.3, -0.25) is 0 Å². The van der Waals surface area contributed by atoms with E-state index in [0.29, 0.717) is 0 Å². The highest BCUT2D eigenvalue weighted by atomic mass is 16.4. The van der Waals surface area contributed by atoms with Crippen molar-refractivity contribution in [3.63, 3.8) is 0 Å². The summed E-state index contributed by atoms with van der Waals surface area (Å²) in [5, 5.41) is 18.5. The fourth-order valence-electron chi connectivity index (χ4n) is 1.01. The minimum Gasteiger partial charge on any atom is -0.478 e. The number of carbonyl (C=O) groups is 1. The van der Waals surface area contributed by atoms with Crippen LogP contribution in [-0.2, 0) is 4.79 Å². The van der Waals surface area contributed by atoms with E-state index >= 15 is 0 Å². The minimum absolute atomic E-state index is 0.157. The van der Waals surface area contributed by atoms with Gasteiger partial charge in [-0.25, -0.2) is 4.79 Å². The topological polar surface area (TPSA) is 57.5 Å². The highest BCUT2D eigenvalue weighted by Gasteiger charge is 2.31. The Balaban J connectivity index is 4.75. The molecule has 0 aliphatic heterocycles. The summed E-state index contributed by atoms with van der Waals surface area (Å²) >= 11 is 0. The van der Waals surface area contributed by atoms with E-state index < -0.39 is 11.6 Å². The van der Waals surface area contributed by atoms with Crippen LogP contribution in [0.3, 0.4) is 0 Å². The Hall–Kier alpha value is -1.35. The average molecular weight is 182 g/mol. The number of aliphatic hydroxyl groups is 1. The van der Waals surface area contributed by atoms with Gasteiger partial charge in [0.15, 0.2) is 0 Å². The molecule has 3 nitrogen and oxygen atoms in total. The van der Waals surface area contributed by atoms with Crippen molar-refractivity contribution in [3.8, 4) is 0 Å². The molecule has 0 aromatic heterocycles. The molecule has 0 fully saturated rings. The number of carboxylic acids is 1. The first-order chi connectivity index (χ1) is 5.98. The first-order valence-corrected chi connectivity index (χ1v) is 3.84. The summed E-state index contributed by atoms with van der Waals surface area (Å²) in [6.45, 7) is 10.2. The second kappa shape index (κ2) is 4.62. The van der Waals surface area contributed by atoms with Crippen LogP contribution < -0.4 is 0 Å². The summed E-state index contributed by atoms with van der Waals surface area (Å²) in [6.07, 6.45) is 3.23. The molecular formula is C10H14O3. The number of hydrogen-bond donors (Lipinski definition) is 2. The van der Waals surface area contributed by atoms with E-state index in [1.807, 2.05) is 0 Å². The molecule has 0 saturated carbocycles. The average Bonchev–Trinajstić information content (AvgIpc) is 2.03. The lowest BCUT2D eigenvalue weighted by atomic mass is 9.88. The Labute approximate surface area is 77.7 Å². The molecule has 0 aromatic rings. The highest BCUT2D eigenvalue weighted by Crippen LogP contribution is 2.24. The largest absolute Gasteiger partial charge is 0.478 e. The molecule has 0 atom stereocenters. The van der Waals surface area contributed by atoms with Crippen molar-refractivity contribution in [2.45, 2.75) is 18.4 Å². The fraction of sp³-hybridized carbons (Fsp3) is 0.300. The summed E-state index contributed by atoms with van der Waals surface area (Å²) in [5.74, 6) is -1.20. The second-order valence-corrected chi connectivity index (χ2v) is 2.80. The van der Waals surface area contributed by atoms with Crippen molar-refractivity contribution in [1.29, 1.82) is 0 Å². The molecule has 0 amide bonds. The van der Waals surface area contributed by atoms with Gasteiger partial charge in [0.2, 0.25) is 0 Å². The Morgan fingerprint density at radius 1 is 1.31 bits per heavy atom. The molecule has 0 radical (unpaired) electrons. The van der Waals surface area contributed by atoms with E-state index in [1.54, 1.807) is 0 Å². The first kappa shape index (κ1) is 11.6. The maximum absolute atomic E-state index is 10.6. The molecule has 0 spiro atoms. The zero-order valence-electron chi connectivity index (χ0n) is 7.49. The lowest BCUT2D eigenvalue weighted by molar-refractivity contribution is -0.135. The van der Waals surface area contributed by atoms with Gasteiger partial charge in [0, 0.05) is 0 Å². The molecule has 0 unspecified atom stereocenters. The van der Waals surface area contributed by atoms with Gasteiger partial charge < -0.3 is 10.2 Å². The summed E-state index contributed by atoms with van der Waals surface area (Å²) < 4.78 is 0. The normalized spacial score (nSPS) is 10.5. The van der Waals surface area contributed by atoms with Crippen LogP contribution in [0, 0.1) is 0 Å². The fourth-order valence-corrected chi connectivity index (χ4v) is 1.01. The van der Waals surface area contributed by atoms with Crippen LogP contribution in [0.25, 0.3) is 0 Å². The zero-order chi connectivity index (χ0) is 10.5. The van der Waals surface area contributed by atoms with Crippen molar-refractivity contribution in [2.24, 2.45) is 0 Å². The summed E-state index contributed by atoms with van der Waals surface area (Å²) in [6, 6.07) is 0. The van der Waals surface area contributed by atoms with Crippen LogP contribution in [0.15, 0.2) is 37.5 Å². The molecule has 0 aliphatic rings. The van der Waals surface area contributed by atoms with Crippen molar-refractivity contribution in [3.05, 3.63) is 37.5 Å². The minimum atomic E-state index is -1.45. The first-order valence-electron chi connectivity index (χ1n) is 3.84. The van der Waals surface area contributed by atoms with E-state index in [2.05, 4.69) is 19.7 Å². The number of hydrogen-bond acceptors (Lipinski definition) is 2. The van der Waals surface area contributed by atoms with Crippen molar-refractivity contribution >= 4 is 5.97 Å². The molecule has 72 valence electrons. The molecule has 3 heteroatoms. The van der Waals surface area contributed by atoms with Gasteiger partial charge in [-0.05, 0) is 12.8 Å². The van der Waals surface area contributed by atoms with E-state index in [9.17, 15) is 9.90 Å². The van der Waals surface area contributed by atoms with E-state index in [4.69, 9.17) is 5.11 Å². The standard InChI is InChI=1S/C10H14O3/c1-4-6-10(13,7-5-2)8(3)9(11)12/h4-5,13H,1-3,6-7H2,(H,11,12). The lowest BCUT2D eigenvalue weighted by Gasteiger charge is -2.25. The lowest BCUT2D eigenvalue weighted by Crippen LogP contribution is -2.33. The van der Waals surface area contributed by atoms with Gasteiger partial charge in [0.1, 0.15) is 5.60 Å². The molecule has 0 bridgehead atoms. The third kappa shape index (κ3) is 2.87. The van der Waals surface area contributed by atoms with Gasteiger partial charge in [0.25, 0.3) is 0 Å². The summed E-state index contributed by atoms with van der Waals surface area (Å²) in [7, 11) is 0. The van der Waals surface area contributed by atoms with Gasteiger partial charge in [-0.2, -0.15) is 0 Å². The summed E-state index contributed by atoms with van der Waals surface area (Å²) in [4.78, 5) is 10.6. The Bertz CT molecular complexity index is 231. The third-order valence-corrected chi connectivity index (χ3v) is 1.78. The molecule has 2 N–H and O–H groups in total. The molecule has 0 aliphatic carbocycles. The van der Waals surface area contributed by atoms with Crippen LogP contribution in [0.1, 0.15) is 12.8 Å². The van der Waals surface area contributed by atoms with Crippen LogP contribution in [0.2, 0.25) is 0 Å². The van der Waals surface area contributed by atoms with Crippen LogP contribution >= 0.6 is 0 Å². The van der Waals surface area contributed by atoms with Crippen molar-refractivity contribution < 1.29 is 15.0 Å². The van der Waals surface area contributed by atoms with Crippen molar-refractivity contribution in [2.75, 3.05) is 0 Å². The second-order valence-electron chi connectivity index (χ2n) is 2.80. The molecule has 0 rings (SSSR count). The Kier molecular flexibility index (Phi) is 4.14. The zero-order valence-corrected chi connectivity index (χ0v) is 7.49. The maximum Gasteiger partial charge on any atom is 0.333 e.